The Labute approximate surface area is 168 Å². The van der Waals surface area contributed by atoms with Crippen molar-refractivity contribution in [1.82, 2.24) is 4.90 Å². The number of thioether (sulfide) groups is 1. The van der Waals surface area contributed by atoms with Crippen molar-refractivity contribution in [1.29, 1.82) is 0 Å². The number of carbonyl (C=O) groups excluding carboxylic acids is 1. The maximum absolute atomic E-state index is 13.2. The first-order valence-electron chi connectivity index (χ1n) is 9.39. The Kier molecular flexibility index (Phi) is 5.39. The predicted molar refractivity (Wildman–Crippen MR) is 113 cm³/mol. The minimum Gasteiger partial charge on any atom is -0.504 e. The van der Waals surface area contributed by atoms with E-state index in [9.17, 15) is 9.90 Å². The summed E-state index contributed by atoms with van der Waals surface area (Å²) in [6.45, 7) is 0. The maximum Gasteiger partial charge on any atom is 0.267 e. The Morgan fingerprint density at radius 3 is 2.64 bits per heavy atom. The molecular weight excluding hydrogens is 372 g/mol. The van der Waals surface area contributed by atoms with E-state index in [0.29, 0.717) is 10.7 Å². The summed E-state index contributed by atoms with van der Waals surface area (Å²) in [6.07, 6.45) is 6.16. The molecule has 28 heavy (non-hydrogen) atoms. The molecule has 2 aliphatic rings. The minimum atomic E-state index is -0.00128. The Hall–Kier alpha value is -2.73. The molecule has 4 rings (SSSR count). The molecule has 6 heteroatoms. The van der Waals surface area contributed by atoms with Gasteiger partial charge in [-0.2, -0.15) is 0 Å². The van der Waals surface area contributed by atoms with E-state index in [-0.39, 0.29) is 17.7 Å². The van der Waals surface area contributed by atoms with E-state index in [1.54, 1.807) is 18.2 Å². The van der Waals surface area contributed by atoms with E-state index in [2.05, 4.69) is 0 Å². The number of amidine groups is 1. The molecule has 0 radical (unpaired) electrons. The van der Waals surface area contributed by atoms with Gasteiger partial charge >= 0.3 is 0 Å². The van der Waals surface area contributed by atoms with Gasteiger partial charge in [0, 0.05) is 6.04 Å². The van der Waals surface area contributed by atoms with Crippen LogP contribution in [0, 0.1) is 0 Å². The molecule has 1 aliphatic heterocycles. The number of hydrogen-bond acceptors (Lipinski definition) is 5. The highest BCUT2D eigenvalue weighted by Gasteiger charge is 2.39. The number of rotatable bonds is 4. The summed E-state index contributed by atoms with van der Waals surface area (Å²) >= 11 is 1.41. The summed E-state index contributed by atoms with van der Waals surface area (Å²) in [6, 6.07) is 15.0. The highest BCUT2D eigenvalue weighted by Crippen LogP contribution is 2.39. The molecule has 1 aliphatic carbocycles. The molecule has 0 aromatic heterocycles. The molecule has 5 nitrogen and oxygen atoms in total. The molecule has 2 fully saturated rings. The second-order valence-corrected chi connectivity index (χ2v) is 7.89. The number of phenolic OH excluding ortho intramolecular Hbond substituents is 1. The van der Waals surface area contributed by atoms with Crippen LogP contribution in [0.25, 0.3) is 6.08 Å². The van der Waals surface area contributed by atoms with Crippen LogP contribution in [0.2, 0.25) is 0 Å². The normalized spacial score (nSPS) is 20.5. The van der Waals surface area contributed by atoms with Crippen molar-refractivity contribution in [2.75, 3.05) is 7.11 Å². The van der Waals surface area contributed by atoms with Gasteiger partial charge < -0.3 is 9.84 Å². The van der Waals surface area contributed by atoms with Crippen LogP contribution < -0.4 is 4.74 Å². The van der Waals surface area contributed by atoms with Crippen molar-refractivity contribution < 1.29 is 14.6 Å². The second kappa shape index (κ2) is 8.10. The number of nitrogens with zero attached hydrogens (tertiary/aromatic N) is 2. The van der Waals surface area contributed by atoms with Crippen LogP contribution in [0.1, 0.15) is 31.2 Å². The summed E-state index contributed by atoms with van der Waals surface area (Å²) in [5.41, 5.74) is 1.64. The average molecular weight is 394 g/mol. The van der Waals surface area contributed by atoms with Gasteiger partial charge in [-0.25, -0.2) is 4.99 Å². The number of hydrogen-bond donors (Lipinski definition) is 1. The molecular formula is C22H22N2O3S. The third kappa shape index (κ3) is 3.78. The lowest BCUT2D eigenvalue weighted by Crippen LogP contribution is -2.37. The maximum atomic E-state index is 13.2. The number of methoxy groups -OCH3 is 1. The number of para-hydroxylation sites is 1. The van der Waals surface area contributed by atoms with Crippen molar-refractivity contribution in [2.45, 2.75) is 31.7 Å². The smallest absolute Gasteiger partial charge is 0.267 e. The third-order valence-corrected chi connectivity index (χ3v) is 5.99. The van der Waals surface area contributed by atoms with Crippen molar-refractivity contribution >= 4 is 34.6 Å². The van der Waals surface area contributed by atoms with E-state index in [1.807, 2.05) is 41.3 Å². The molecule has 1 saturated carbocycles. The van der Waals surface area contributed by atoms with Crippen LogP contribution in [0.3, 0.4) is 0 Å². The third-order valence-electron chi connectivity index (χ3n) is 5.01. The number of ether oxygens (including phenoxy) is 1. The highest BCUT2D eigenvalue weighted by molar-refractivity contribution is 8.18. The monoisotopic (exact) mass is 394 g/mol. The van der Waals surface area contributed by atoms with Crippen molar-refractivity contribution in [3.8, 4) is 11.5 Å². The zero-order chi connectivity index (χ0) is 19.5. The zero-order valence-corrected chi connectivity index (χ0v) is 16.5. The van der Waals surface area contributed by atoms with Crippen molar-refractivity contribution in [3.05, 3.63) is 59.0 Å². The van der Waals surface area contributed by atoms with E-state index in [1.165, 1.54) is 18.9 Å². The number of benzene rings is 2. The molecule has 1 N–H and O–H groups in total. The Bertz CT molecular complexity index is 934. The molecule has 1 heterocycles. The number of amides is 1. The predicted octanol–water partition coefficient (Wildman–Crippen LogP) is 4.95. The quantitative estimate of drug-likeness (QED) is 0.746. The topological polar surface area (TPSA) is 62.1 Å². The lowest BCUT2D eigenvalue weighted by atomic mass is 10.1. The van der Waals surface area contributed by atoms with Gasteiger partial charge in [0.25, 0.3) is 5.91 Å². The summed E-state index contributed by atoms with van der Waals surface area (Å²) in [5, 5.41) is 10.5. The zero-order valence-electron chi connectivity index (χ0n) is 15.7. The molecule has 1 amide bonds. The number of carbonyl (C=O) groups is 1. The van der Waals surface area contributed by atoms with Gasteiger partial charge in [-0.05, 0) is 60.5 Å². The lowest BCUT2D eigenvalue weighted by molar-refractivity contribution is -0.123. The molecule has 0 spiro atoms. The minimum absolute atomic E-state index is 0.00128. The van der Waals surface area contributed by atoms with E-state index in [4.69, 9.17) is 9.73 Å². The van der Waals surface area contributed by atoms with Crippen LogP contribution in [-0.4, -0.2) is 34.2 Å². The number of aliphatic imine (C=N–C) groups is 1. The summed E-state index contributed by atoms with van der Waals surface area (Å²) in [7, 11) is 1.51. The Morgan fingerprint density at radius 1 is 1.18 bits per heavy atom. The fourth-order valence-electron chi connectivity index (χ4n) is 3.60. The Balaban J connectivity index is 1.70. The molecule has 144 valence electrons. The van der Waals surface area contributed by atoms with Crippen LogP contribution >= 0.6 is 11.8 Å². The standard InChI is InChI=1S/C22H22N2O3S/c1-27-19-13-15(11-12-18(19)25)14-20-21(26)24(17-9-5-6-10-17)22(28-20)23-16-7-3-2-4-8-16/h2-4,7-8,11-14,17,25H,5-6,9-10H2,1H3. The fraction of sp³-hybridized carbons (Fsp3) is 0.273. The molecule has 0 unspecified atom stereocenters. The SMILES string of the molecule is COc1cc(C=C2SC(=Nc3ccccc3)N(C3CCCC3)C2=O)ccc1O. The first-order chi connectivity index (χ1) is 13.7. The molecule has 2 aromatic rings. The summed E-state index contributed by atoms with van der Waals surface area (Å²) < 4.78 is 5.17. The summed E-state index contributed by atoms with van der Waals surface area (Å²) in [5.74, 6) is 0.461. The van der Waals surface area contributed by atoms with E-state index >= 15 is 0 Å². The van der Waals surface area contributed by atoms with Gasteiger partial charge in [-0.15, -0.1) is 0 Å². The number of aromatic hydroxyl groups is 1. The number of phenols is 1. The van der Waals surface area contributed by atoms with Gasteiger partial charge in [0.15, 0.2) is 16.7 Å². The fourth-order valence-corrected chi connectivity index (χ4v) is 4.66. The van der Waals surface area contributed by atoms with E-state index < -0.39 is 0 Å². The molecule has 0 bridgehead atoms. The van der Waals surface area contributed by atoms with E-state index in [0.717, 1.165) is 42.1 Å². The van der Waals surface area contributed by atoms with Crippen LogP contribution in [0.15, 0.2) is 58.4 Å². The largest absolute Gasteiger partial charge is 0.504 e. The average Bonchev–Trinajstić information content (AvgIpc) is 3.33. The first-order valence-corrected chi connectivity index (χ1v) is 10.2. The van der Waals surface area contributed by atoms with Crippen LogP contribution in [0.5, 0.6) is 11.5 Å². The van der Waals surface area contributed by atoms with Gasteiger partial charge in [0.2, 0.25) is 0 Å². The van der Waals surface area contributed by atoms with Crippen LogP contribution in [0.4, 0.5) is 5.69 Å². The summed E-state index contributed by atoms with van der Waals surface area (Å²) in [4.78, 5) is 20.5. The molecule has 0 atom stereocenters. The first kappa shape index (κ1) is 18.6. The van der Waals surface area contributed by atoms with Crippen LogP contribution in [-0.2, 0) is 4.79 Å². The van der Waals surface area contributed by atoms with Gasteiger partial charge in [-0.3, -0.25) is 9.69 Å². The molecule has 1 saturated heterocycles. The molecule has 2 aromatic carbocycles. The van der Waals surface area contributed by atoms with Crippen molar-refractivity contribution in [3.63, 3.8) is 0 Å². The van der Waals surface area contributed by atoms with Gasteiger partial charge in [-0.1, -0.05) is 37.1 Å². The van der Waals surface area contributed by atoms with Gasteiger partial charge in [0.1, 0.15) is 0 Å². The van der Waals surface area contributed by atoms with Crippen molar-refractivity contribution in [2.24, 2.45) is 4.99 Å². The second-order valence-electron chi connectivity index (χ2n) is 6.89. The highest BCUT2D eigenvalue weighted by atomic mass is 32.2. The van der Waals surface area contributed by atoms with Gasteiger partial charge in [0.05, 0.1) is 17.7 Å². The Morgan fingerprint density at radius 2 is 1.93 bits per heavy atom. The lowest BCUT2D eigenvalue weighted by Gasteiger charge is -2.22.